The third-order valence-corrected chi connectivity index (χ3v) is 4.84. The van der Waals surface area contributed by atoms with Gasteiger partial charge < -0.3 is 15.0 Å². The first-order valence-corrected chi connectivity index (χ1v) is 8.38. The molecule has 1 amide bonds. The number of H-pyrrole nitrogens is 1. The molecule has 0 radical (unpaired) electrons. The molecular weight excluding hydrogens is 319 g/mol. The number of carbonyl (C=O) groups is 1. The molecule has 1 atom stereocenters. The van der Waals surface area contributed by atoms with Crippen molar-refractivity contribution in [1.29, 1.82) is 0 Å². The molecule has 0 spiro atoms. The molecule has 1 aliphatic carbocycles. The van der Waals surface area contributed by atoms with Crippen molar-refractivity contribution >= 4 is 16.8 Å². The summed E-state index contributed by atoms with van der Waals surface area (Å²) < 4.78 is 18.9. The molecular formula is C20H19FN2O2. The molecule has 0 fully saturated rings. The Morgan fingerprint density at radius 3 is 2.96 bits per heavy atom. The minimum atomic E-state index is -0.241. The van der Waals surface area contributed by atoms with Crippen molar-refractivity contribution < 1.29 is 13.9 Å². The van der Waals surface area contributed by atoms with E-state index in [1.165, 1.54) is 6.07 Å². The van der Waals surface area contributed by atoms with Crippen molar-refractivity contribution in [3.63, 3.8) is 0 Å². The maximum Gasteiger partial charge on any atom is 0.255 e. The number of amides is 1. The Morgan fingerprint density at radius 2 is 2.12 bits per heavy atom. The third-order valence-electron chi connectivity index (χ3n) is 4.84. The van der Waals surface area contributed by atoms with Gasteiger partial charge in [-0.25, -0.2) is 4.39 Å². The molecule has 3 aromatic rings. The molecule has 25 heavy (non-hydrogen) atoms. The molecule has 2 N–H and O–H groups in total. The van der Waals surface area contributed by atoms with Gasteiger partial charge in [-0.3, -0.25) is 4.79 Å². The van der Waals surface area contributed by atoms with E-state index >= 15 is 0 Å². The van der Waals surface area contributed by atoms with Crippen molar-refractivity contribution in [1.82, 2.24) is 10.3 Å². The summed E-state index contributed by atoms with van der Waals surface area (Å²) in [5.41, 5.74) is 3.72. The first-order chi connectivity index (χ1) is 12.2. The van der Waals surface area contributed by atoms with Gasteiger partial charge in [0, 0.05) is 22.6 Å². The van der Waals surface area contributed by atoms with Gasteiger partial charge >= 0.3 is 0 Å². The van der Waals surface area contributed by atoms with Gasteiger partial charge in [0.15, 0.2) is 0 Å². The quantitative estimate of drug-likeness (QED) is 0.767. The summed E-state index contributed by atoms with van der Waals surface area (Å²) in [5, 5.41) is 4.00. The van der Waals surface area contributed by atoms with Crippen LogP contribution >= 0.6 is 0 Å². The topological polar surface area (TPSA) is 54.1 Å². The average molecular weight is 338 g/mol. The van der Waals surface area contributed by atoms with Crippen molar-refractivity contribution in [2.24, 2.45) is 0 Å². The first kappa shape index (κ1) is 15.7. The van der Waals surface area contributed by atoms with E-state index < -0.39 is 0 Å². The van der Waals surface area contributed by atoms with Gasteiger partial charge in [0.25, 0.3) is 5.91 Å². The van der Waals surface area contributed by atoms with Gasteiger partial charge in [-0.05, 0) is 55.2 Å². The Morgan fingerprint density at radius 1 is 1.28 bits per heavy atom. The van der Waals surface area contributed by atoms with Crippen LogP contribution in [0.15, 0.2) is 42.5 Å². The summed E-state index contributed by atoms with van der Waals surface area (Å²) >= 11 is 0. The highest BCUT2D eigenvalue weighted by Gasteiger charge is 2.25. The third kappa shape index (κ3) is 2.86. The molecule has 1 aliphatic rings. The molecule has 1 unspecified atom stereocenters. The first-order valence-electron chi connectivity index (χ1n) is 8.38. The van der Waals surface area contributed by atoms with Gasteiger partial charge in [-0.1, -0.05) is 12.1 Å². The Kier molecular flexibility index (Phi) is 3.92. The van der Waals surface area contributed by atoms with E-state index in [0.717, 1.165) is 35.0 Å². The van der Waals surface area contributed by atoms with Gasteiger partial charge in [-0.2, -0.15) is 0 Å². The summed E-state index contributed by atoms with van der Waals surface area (Å²) in [6.45, 7) is 0. The normalized spacial score (nSPS) is 16.5. The number of para-hydroxylation sites is 1. The van der Waals surface area contributed by atoms with Crippen LogP contribution in [0.4, 0.5) is 4.39 Å². The van der Waals surface area contributed by atoms with Crippen LogP contribution in [0.3, 0.4) is 0 Å². The molecule has 0 saturated heterocycles. The molecule has 2 aromatic carbocycles. The monoisotopic (exact) mass is 338 g/mol. The zero-order chi connectivity index (χ0) is 17.4. The lowest BCUT2D eigenvalue weighted by Crippen LogP contribution is -2.38. The lowest BCUT2D eigenvalue weighted by atomic mass is 9.91. The van der Waals surface area contributed by atoms with Crippen LogP contribution in [0.2, 0.25) is 0 Å². The summed E-state index contributed by atoms with van der Waals surface area (Å²) in [5.74, 6) is 0.178. The molecule has 0 saturated carbocycles. The van der Waals surface area contributed by atoms with Crippen LogP contribution in [0.1, 0.15) is 28.0 Å². The fourth-order valence-electron chi connectivity index (χ4n) is 3.61. The SMILES string of the molecule is COc1ccccc1C(=O)NC1CCc2[nH]c3ccc(F)cc3c2C1. The largest absolute Gasteiger partial charge is 0.496 e. The molecule has 1 aromatic heterocycles. The van der Waals surface area contributed by atoms with Gasteiger partial charge in [0.2, 0.25) is 0 Å². The van der Waals surface area contributed by atoms with E-state index in [4.69, 9.17) is 4.74 Å². The lowest BCUT2D eigenvalue weighted by molar-refractivity contribution is 0.0930. The minimum Gasteiger partial charge on any atom is -0.496 e. The number of methoxy groups -OCH3 is 1. The number of rotatable bonds is 3. The fraction of sp³-hybridized carbons (Fsp3) is 0.250. The number of aromatic amines is 1. The molecule has 4 rings (SSSR count). The molecule has 0 bridgehead atoms. The van der Waals surface area contributed by atoms with Crippen LogP contribution in [0.25, 0.3) is 10.9 Å². The molecule has 128 valence electrons. The summed E-state index contributed by atoms with van der Waals surface area (Å²) in [6.07, 6.45) is 2.38. The van der Waals surface area contributed by atoms with E-state index in [9.17, 15) is 9.18 Å². The van der Waals surface area contributed by atoms with Crippen molar-refractivity contribution in [2.75, 3.05) is 7.11 Å². The number of hydrogen-bond acceptors (Lipinski definition) is 2. The molecule has 5 heteroatoms. The van der Waals surface area contributed by atoms with E-state index in [1.54, 1.807) is 31.4 Å². The van der Waals surface area contributed by atoms with Crippen LogP contribution in [-0.4, -0.2) is 24.0 Å². The Labute approximate surface area is 145 Å². The van der Waals surface area contributed by atoms with E-state index in [1.807, 2.05) is 12.1 Å². The molecule has 0 aliphatic heterocycles. The van der Waals surface area contributed by atoms with Crippen LogP contribution in [-0.2, 0) is 12.8 Å². The Balaban J connectivity index is 1.57. The number of ether oxygens (including phenoxy) is 1. The maximum absolute atomic E-state index is 13.6. The smallest absolute Gasteiger partial charge is 0.255 e. The van der Waals surface area contributed by atoms with E-state index in [2.05, 4.69) is 10.3 Å². The second kappa shape index (κ2) is 6.24. The molecule has 1 heterocycles. The highest BCUT2D eigenvalue weighted by atomic mass is 19.1. The van der Waals surface area contributed by atoms with Crippen LogP contribution in [0.5, 0.6) is 5.75 Å². The van der Waals surface area contributed by atoms with Gasteiger partial charge in [0.1, 0.15) is 11.6 Å². The Bertz CT molecular complexity index is 948. The standard InChI is InChI=1S/C20H19FN2O2/c1-25-19-5-3-2-4-14(19)20(24)22-13-7-9-18-16(11-13)15-10-12(21)6-8-17(15)23-18/h2-6,8,10,13,23H,7,9,11H2,1H3,(H,22,24). The zero-order valence-corrected chi connectivity index (χ0v) is 13.9. The second-order valence-corrected chi connectivity index (χ2v) is 6.39. The summed E-state index contributed by atoms with van der Waals surface area (Å²) in [6, 6.07) is 12.0. The highest BCUT2D eigenvalue weighted by molar-refractivity contribution is 5.97. The van der Waals surface area contributed by atoms with Crippen LogP contribution in [0, 0.1) is 5.82 Å². The zero-order valence-electron chi connectivity index (χ0n) is 13.9. The summed E-state index contributed by atoms with van der Waals surface area (Å²) in [7, 11) is 1.56. The highest BCUT2D eigenvalue weighted by Crippen LogP contribution is 2.30. The number of carbonyl (C=O) groups excluding carboxylic acids is 1. The van der Waals surface area contributed by atoms with E-state index in [0.29, 0.717) is 17.7 Å². The maximum atomic E-state index is 13.6. The van der Waals surface area contributed by atoms with Crippen LogP contribution < -0.4 is 10.1 Å². The van der Waals surface area contributed by atoms with Crippen molar-refractivity contribution in [3.05, 3.63) is 65.1 Å². The summed E-state index contributed by atoms with van der Waals surface area (Å²) in [4.78, 5) is 16.0. The van der Waals surface area contributed by atoms with Gasteiger partial charge in [0.05, 0.1) is 12.7 Å². The average Bonchev–Trinajstić information content (AvgIpc) is 2.99. The number of benzene rings is 2. The predicted molar refractivity (Wildman–Crippen MR) is 94.5 cm³/mol. The van der Waals surface area contributed by atoms with E-state index in [-0.39, 0.29) is 17.8 Å². The number of nitrogens with one attached hydrogen (secondary N) is 2. The molecule has 4 nitrogen and oxygen atoms in total. The minimum absolute atomic E-state index is 0.0205. The number of aromatic nitrogens is 1. The second-order valence-electron chi connectivity index (χ2n) is 6.39. The number of halogens is 1. The Hall–Kier alpha value is -2.82. The number of hydrogen-bond donors (Lipinski definition) is 2. The number of aryl methyl sites for hydroxylation is 1. The predicted octanol–water partition coefficient (Wildman–Crippen LogP) is 3.60. The number of fused-ring (bicyclic) bond motifs is 3. The van der Waals surface area contributed by atoms with Crippen molar-refractivity contribution in [3.8, 4) is 5.75 Å². The van der Waals surface area contributed by atoms with Gasteiger partial charge in [-0.15, -0.1) is 0 Å². The lowest BCUT2D eigenvalue weighted by Gasteiger charge is -2.24. The van der Waals surface area contributed by atoms with Crippen molar-refractivity contribution in [2.45, 2.75) is 25.3 Å². The fourth-order valence-corrected chi connectivity index (χ4v) is 3.61.